The molecule has 1 heterocycles. The molecule has 28 heavy (non-hydrogen) atoms. The van der Waals surface area contributed by atoms with E-state index in [2.05, 4.69) is 44.6 Å². The lowest BCUT2D eigenvalue weighted by atomic mass is 9.95. The van der Waals surface area contributed by atoms with Crippen LogP contribution in [0.2, 0.25) is 0 Å². The average Bonchev–Trinajstić information content (AvgIpc) is 3.06. The third kappa shape index (κ3) is 4.25. The number of hydrogen-bond donors (Lipinski definition) is 2. The van der Waals surface area contributed by atoms with E-state index in [0.29, 0.717) is 11.5 Å². The fourth-order valence-electron chi connectivity index (χ4n) is 3.31. The smallest absolute Gasteiger partial charge is 0.269 e. The molecule has 0 bridgehead atoms. The second kappa shape index (κ2) is 8.30. The molecule has 0 atom stereocenters. The van der Waals surface area contributed by atoms with Crippen LogP contribution < -0.4 is 10.9 Å². The topological polar surface area (TPSA) is 71.3 Å². The number of carbonyl (C=O) groups is 2. The molecule has 0 aliphatic rings. The Bertz CT molecular complexity index is 1000. The van der Waals surface area contributed by atoms with Crippen molar-refractivity contribution in [2.45, 2.75) is 46.5 Å². The number of carbonyl (C=O) groups excluding carboxylic acids is 2. The van der Waals surface area contributed by atoms with Gasteiger partial charge in [-0.05, 0) is 60.2 Å². The van der Waals surface area contributed by atoms with Crippen molar-refractivity contribution in [3.63, 3.8) is 0 Å². The van der Waals surface area contributed by atoms with Gasteiger partial charge in [0, 0.05) is 16.5 Å². The van der Waals surface area contributed by atoms with Crippen molar-refractivity contribution in [3.8, 4) is 0 Å². The Morgan fingerprint density at radius 3 is 2.43 bits per heavy atom. The van der Waals surface area contributed by atoms with Crippen molar-refractivity contribution in [1.82, 2.24) is 10.9 Å². The van der Waals surface area contributed by atoms with E-state index in [1.54, 1.807) is 18.4 Å². The highest BCUT2D eigenvalue weighted by Crippen LogP contribution is 2.29. The lowest BCUT2D eigenvalue weighted by molar-refractivity contribution is -0.121. The molecule has 0 aliphatic heterocycles. The molecule has 0 aliphatic carbocycles. The number of fused-ring (bicyclic) bond motifs is 1. The zero-order valence-electron chi connectivity index (χ0n) is 16.8. The van der Waals surface area contributed by atoms with E-state index in [4.69, 9.17) is 4.42 Å². The number of rotatable bonds is 5. The van der Waals surface area contributed by atoms with Gasteiger partial charge < -0.3 is 4.42 Å². The number of benzene rings is 2. The van der Waals surface area contributed by atoms with Crippen molar-refractivity contribution in [3.05, 3.63) is 70.5 Å². The van der Waals surface area contributed by atoms with Gasteiger partial charge in [0.15, 0.2) is 0 Å². The Kier molecular flexibility index (Phi) is 5.83. The summed E-state index contributed by atoms with van der Waals surface area (Å²) in [5, 5.41) is 0.936. The van der Waals surface area contributed by atoms with Gasteiger partial charge in [-0.1, -0.05) is 32.9 Å². The van der Waals surface area contributed by atoms with E-state index in [1.165, 1.54) is 11.1 Å². The molecule has 146 valence electrons. The molecule has 0 radical (unpaired) electrons. The second-order valence-electron chi connectivity index (χ2n) is 7.35. The Hall–Kier alpha value is -3.08. The van der Waals surface area contributed by atoms with Crippen molar-refractivity contribution in [1.29, 1.82) is 0 Å². The Balaban J connectivity index is 1.66. The lowest BCUT2D eigenvalue weighted by Crippen LogP contribution is -2.42. The summed E-state index contributed by atoms with van der Waals surface area (Å²) in [6.45, 7) is 8.40. The second-order valence-corrected chi connectivity index (χ2v) is 7.35. The molecule has 5 heteroatoms. The minimum atomic E-state index is -0.342. The summed E-state index contributed by atoms with van der Waals surface area (Å²) in [7, 11) is 0. The minimum absolute atomic E-state index is 0.128. The summed E-state index contributed by atoms with van der Waals surface area (Å²) < 4.78 is 5.61. The van der Waals surface area contributed by atoms with Gasteiger partial charge >= 0.3 is 0 Å². The summed E-state index contributed by atoms with van der Waals surface area (Å²) in [6.07, 6.45) is 2.65. The van der Waals surface area contributed by atoms with Crippen LogP contribution in [0.25, 0.3) is 11.0 Å². The normalized spacial score (nSPS) is 11.0. The molecule has 0 spiro atoms. The summed E-state index contributed by atoms with van der Waals surface area (Å²) in [5.41, 5.74) is 10.6. The first-order chi connectivity index (χ1) is 13.4. The van der Waals surface area contributed by atoms with Crippen LogP contribution in [0.5, 0.6) is 0 Å². The van der Waals surface area contributed by atoms with Crippen LogP contribution >= 0.6 is 0 Å². The highest BCUT2D eigenvalue weighted by atomic mass is 16.3. The van der Waals surface area contributed by atoms with Gasteiger partial charge in [0.2, 0.25) is 5.91 Å². The molecule has 2 amide bonds. The predicted octanol–water partition coefficient (Wildman–Crippen LogP) is 4.43. The maximum absolute atomic E-state index is 12.3. The molecule has 2 N–H and O–H groups in total. The number of aryl methyl sites for hydroxylation is 2. The zero-order chi connectivity index (χ0) is 20.3. The number of amides is 2. The molecule has 3 rings (SSSR count). The van der Waals surface area contributed by atoms with E-state index in [1.807, 2.05) is 18.2 Å². The zero-order valence-corrected chi connectivity index (χ0v) is 16.8. The summed E-state index contributed by atoms with van der Waals surface area (Å²) in [6, 6.07) is 11.4. The highest BCUT2D eigenvalue weighted by Gasteiger charge is 2.14. The SMILES string of the molecule is CCc1ccc(C(=O)NNC(=O)Cc2coc3cc(C)c(C(C)C)cc23)cc1. The van der Waals surface area contributed by atoms with Gasteiger partial charge in [0.25, 0.3) is 5.91 Å². The van der Waals surface area contributed by atoms with Crippen LogP contribution in [-0.2, 0) is 17.6 Å². The maximum atomic E-state index is 12.3. The molecule has 0 saturated heterocycles. The number of furan rings is 1. The lowest BCUT2D eigenvalue weighted by Gasteiger charge is -2.10. The first-order valence-corrected chi connectivity index (χ1v) is 9.57. The van der Waals surface area contributed by atoms with Crippen molar-refractivity contribution in [2.75, 3.05) is 0 Å². The van der Waals surface area contributed by atoms with Crippen LogP contribution in [0.4, 0.5) is 0 Å². The highest BCUT2D eigenvalue weighted by molar-refractivity contribution is 5.96. The van der Waals surface area contributed by atoms with Crippen LogP contribution in [0.1, 0.15) is 59.3 Å². The average molecular weight is 378 g/mol. The molecule has 2 aromatic carbocycles. The van der Waals surface area contributed by atoms with Crippen molar-refractivity contribution < 1.29 is 14.0 Å². The molecule has 3 aromatic rings. The first-order valence-electron chi connectivity index (χ1n) is 9.57. The quantitative estimate of drug-likeness (QED) is 0.645. The molecule has 1 aromatic heterocycles. The van der Waals surface area contributed by atoms with Gasteiger partial charge in [0.05, 0.1) is 12.7 Å². The van der Waals surface area contributed by atoms with Gasteiger partial charge in [0.1, 0.15) is 5.58 Å². The Labute approximate surface area is 165 Å². The molecule has 0 fully saturated rings. The van der Waals surface area contributed by atoms with Crippen molar-refractivity contribution in [2.24, 2.45) is 0 Å². The van der Waals surface area contributed by atoms with Gasteiger partial charge in [-0.2, -0.15) is 0 Å². The minimum Gasteiger partial charge on any atom is -0.464 e. The Morgan fingerprint density at radius 1 is 1.07 bits per heavy atom. The van der Waals surface area contributed by atoms with Crippen LogP contribution in [0.3, 0.4) is 0 Å². The molecule has 5 nitrogen and oxygen atoms in total. The molecule has 0 unspecified atom stereocenters. The Morgan fingerprint density at radius 2 is 1.79 bits per heavy atom. The largest absolute Gasteiger partial charge is 0.464 e. The van der Waals surface area contributed by atoms with E-state index in [0.717, 1.165) is 28.5 Å². The summed E-state index contributed by atoms with van der Waals surface area (Å²) >= 11 is 0. The maximum Gasteiger partial charge on any atom is 0.269 e. The van der Waals surface area contributed by atoms with Crippen LogP contribution in [-0.4, -0.2) is 11.8 Å². The predicted molar refractivity (Wildman–Crippen MR) is 110 cm³/mol. The number of nitrogens with one attached hydrogen (secondary N) is 2. The van der Waals surface area contributed by atoms with Crippen molar-refractivity contribution >= 4 is 22.8 Å². The van der Waals surface area contributed by atoms with Gasteiger partial charge in [-0.15, -0.1) is 0 Å². The fraction of sp³-hybridized carbons (Fsp3) is 0.304. The van der Waals surface area contributed by atoms with E-state index < -0.39 is 0 Å². The monoisotopic (exact) mass is 378 g/mol. The standard InChI is InChI=1S/C23H26N2O3/c1-5-16-6-8-17(9-7-16)23(27)25-24-22(26)11-18-13-28-21-10-15(4)19(14(2)3)12-20(18)21/h6-10,12-14H,5,11H2,1-4H3,(H,24,26)(H,25,27). The van der Waals surface area contributed by atoms with Gasteiger partial charge in [-0.3, -0.25) is 20.4 Å². The van der Waals surface area contributed by atoms with E-state index >= 15 is 0 Å². The van der Waals surface area contributed by atoms with Crippen LogP contribution in [0, 0.1) is 6.92 Å². The molecule has 0 saturated carbocycles. The van der Waals surface area contributed by atoms with E-state index in [-0.39, 0.29) is 18.2 Å². The third-order valence-electron chi connectivity index (χ3n) is 4.96. The summed E-state index contributed by atoms with van der Waals surface area (Å²) in [4.78, 5) is 24.5. The summed E-state index contributed by atoms with van der Waals surface area (Å²) in [5.74, 6) is -0.252. The number of hydrogen-bond acceptors (Lipinski definition) is 3. The molecular weight excluding hydrogens is 352 g/mol. The first kappa shape index (κ1) is 19.7. The van der Waals surface area contributed by atoms with E-state index in [9.17, 15) is 9.59 Å². The fourth-order valence-corrected chi connectivity index (χ4v) is 3.31. The number of hydrazine groups is 1. The van der Waals surface area contributed by atoms with Gasteiger partial charge in [-0.25, -0.2) is 0 Å². The van der Waals surface area contributed by atoms with Crippen LogP contribution in [0.15, 0.2) is 47.1 Å². The molecular formula is C23H26N2O3. The third-order valence-corrected chi connectivity index (χ3v) is 4.96.